The topological polar surface area (TPSA) is 50.9 Å². The molecule has 0 saturated carbocycles. The zero-order chi connectivity index (χ0) is 19.8. The predicted molar refractivity (Wildman–Crippen MR) is 116 cm³/mol. The molecule has 0 saturated heterocycles. The molecule has 144 valence electrons. The Morgan fingerprint density at radius 2 is 2.00 bits per heavy atom. The van der Waals surface area contributed by atoms with Crippen molar-refractivity contribution < 1.29 is 4.74 Å². The summed E-state index contributed by atoms with van der Waals surface area (Å²) in [5.74, 6) is 1.47. The third-order valence-electron chi connectivity index (χ3n) is 5.02. The van der Waals surface area contributed by atoms with Gasteiger partial charge in [0, 0.05) is 19.2 Å². The van der Waals surface area contributed by atoms with Crippen LogP contribution in [0.5, 0.6) is 5.75 Å². The van der Waals surface area contributed by atoms with Crippen LogP contribution in [-0.2, 0) is 5.54 Å². The molecule has 0 spiro atoms. The first-order valence-corrected chi connectivity index (χ1v) is 10.1. The van der Waals surface area contributed by atoms with Crippen LogP contribution < -0.4 is 10.5 Å². The van der Waals surface area contributed by atoms with E-state index in [1.807, 2.05) is 25.8 Å². The van der Waals surface area contributed by atoms with Crippen LogP contribution in [0.25, 0.3) is 11.1 Å². The van der Waals surface area contributed by atoms with E-state index in [2.05, 4.69) is 66.2 Å². The molecule has 1 unspecified atom stereocenters. The quantitative estimate of drug-likeness (QED) is 0.736. The van der Waals surface area contributed by atoms with Crippen molar-refractivity contribution >= 4 is 21.9 Å². The molecular formula is C22H28BrN3O. The van der Waals surface area contributed by atoms with Gasteiger partial charge in [0.15, 0.2) is 5.96 Å². The summed E-state index contributed by atoms with van der Waals surface area (Å²) in [5, 5.41) is 0. The summed E-state index contributed by atoms with van der Waals surface area (Å²) in [5.41, 5.74) is 10.4. The normalized spacial score (nSPS) is 20.0. The number of nitrogens with zero attached hydrogens (tertiary/aromatic N) is 2. The van der Waals surface area contributed by atoms with Gasteiger partial charge in [-0.2, -0.15) is 0 Å². The van der Waals surface area contributed by atoms with Crippen molar-refractivity contribution in [3.05, 3.63) is 52.0 Å². The van der Waals surface area contributed by atoms with Crippen LogP contribution >= 0.6 is 15.9 Å². The number of hydrogen-bond donors (Lipinski definition) is 1. The molecule has 27 heavy (non-hydrogen) atoms. The Labute approximate surface area is 170 Å². The summed E-state index contributed by atoms with van der Waals surface area (Å²) < 4.78 is 7.10. The van der Waals surface area contributed by atoms with Crippen molar-refractivity contribution in [3.63, 3.8) is 0 Å². The van der Waals surface area contributed by atoms with Crippen LogP contribution in [0.15, 0.2) is 45.9 Å². The second-order valence-electron chi connectivity index (χ2n) is 7.79. The monoisotopic (exact) mass is 429 g/mol. The van der Waals surface area contributed by atoms with Crippen molar-refractivity contribution in [2.75, 3.05) is 13.6 Å². The third-order valence-corrected chi connectivity index (χ3v) is 5.61. The van der Waals surface area contributed by atoms with Crippen LogP contribution in [0.1, 0.15) is 38.3 Å². The molecule has 2 aromatic carbocycles. The maximum atomic E-state index is 6.13. The highest BCUT2D eigenvalue weighted by Crippen LogP contribution is 2.40. The average molecular weight is 430 g/mol. The number of hydrogen-bond acceptors (Lipinski definition) is 4. The van der Waals surface area contributed by atoms with Crippen LogP contribution in [0.4, 0.5) is 0 Å². The molecule has 0 fully saturated rings. The number of nitrogens with two attached hydrogens (primary N) is 1. The number of rotatable bonds is 4. The van der Waals surface area contributed by atoms with Gasteiger partial charge in [-0.25, -0.2) is 4.99 Å². The van der Waals surface area contributed by atoms with Gasteiger partial charge in [-0.3, -0.25) is 0 Å². The molecule has 1 atom stereocenters. The molecular weight excluding hydrogens is 402 g/mol. The van der Waals surface area contributed by atoms with Crippen molar-refractivity contribution in [1.82, 2.24) is 4.90 Å². The van der Waals surface area contributed by atoms with E-state index in [-0.39, 0.29) is 11.6 Å². The zero-order valence-electron chi connectivity index (χ0n) is 16.7. The summed E-state index contributed by atoms with van der Waals surface area (Å²) in [6, 6.07) is 12.8. The fourth-order valence-corrected chi connectivity index (χ4v) is 4.09. The minimum absolute atomic E-state index is 0.0988. The van der Waals surface area contributed by atoms with E-state index in [0.717, 1.165) is 34.3 Å². The van der Waals surface area contributed by atoms with Gasteiger partial charge in [0.25, 0.3) is 0 Å². The SMILES string of the molecule is Cc1cc(Br)c(OC(C)C)c(-c2cccc(C3(C)CCN(C)C(N)=N3)c2)c1. The molecule has 0 aliphatic carbocycles. The number of guanidine groups is 1. The fraction of sp³-hybridized carbons (Fsp3) is 0.409. The second kappa shape index (κ2) is 7.55. The van der Waals surface area contributed by atoms with Crippen LogP contribution in [0.3, 0.4) is 0 Å². The van der Waals surface area contributed by atoms with Crippen molar-refractivity contribution in [2.24, 2.45) is 10.7 Å². The first-order chi connectivity index (χ1) is 12.7. The highest BCUT2D eigenvalue weighted by Gasteiger charge is 2.31. The summed E-state index contributed by atoms with van der Waals surface area (Å²) in [4.78, 5) is 6.78. The lowest BCUT2D eigenvalue weighted by Crippen LogP contribution is -2.43. The number of ether oxygens (including phenoxy) is 1. The first-order valence-electron chi connectivity index (χ1n) is 9.34. The minimum Gasteiger partial charge on any atom is -0.489 e. The summed E-state index contributed by atoms with van der Waals surface area (Å²) in [6.07, 6.45) is 1.03. The Balaban J connectivity index is 2.09. The molecule has 0 bridgehead atoms. The minimum atomic E-state index is -0.313. The van der Waals surface area contributed by atoms with Gasteiger partial charge in [-0.05, 0) is 84.9 Å². The summed E-state index contributed by atoms with van der Waals surface area (Å²) in [6.45, 7) is 9.24. The van der Waals surface area contributed by atoms with Gasteiger partial charge in [-0.1, -0.05) is 18.2 Å². The molecule has 4 nitrogen and oxygen atoms in total. The van der Waals surface area contributed by atoms with Gasteiger partial charge in [0.05, 0.1) is 16.1 Å². The molecule has 2 N–H and O–H groups in total. The molecule has 1 aliphatic heterocycles. The standard InChI is InChI=1S/C22H28BrN3O/c1-14(2)27-20-18(11-15(3)12-19(20)23)16-7-6-8-17(13-16)22(4)9-10-26(5)21(24)25-22/h6-8,11-14H,9-10H2,1-5H3,(H2,24,25). The van der Waals surface area contributed by atoms with Gasteiger partial charge < -0.3 is 15.4 Å². The molecule has 0 amide bonds. The highest BCUT2D eigenvalue weighted by atomic mass is 79.9. The second-order valence-corrected chi connectivity index (χ2v) is 8.64. The maximum Gasteiger partial charge on any atom is 0.191 e. The lowest BCUT2D eigenvalue weighted by atomic mass is 9.86. The Morgan fingerprint density at radius 1 is 1.26 bits per heavy atom. The van der Waals surface area contributed by atoms with Crippen molar-refractivity contribution in [3.8, 4) is 16.9 Å². The van der Waals surface area contributed by atoms with Crippen LogP contribution in [0, 0.1) is 6.92 Å². The summed E-state index contributed by atoms with van der Waals surface area (Å²) >= 11 is 3.67. The molecule has 1 aliphatic rings. The fourth-order valence-electron chi connectivity index (χ4n) is 3.42. The number of benzene rings is 2. The van der Waals surface area contributed by atoms with E-state index in [4.69, 9.17) is 15.5 Å². The lowest BCUT2D eigenvalue weighted by Gasteiger charge is -2.35. The lowest BCUT2D eigenvalue weighted by molar-refractivity contribution is 0.242. The number of aryl methyl sites for hydroxylation is 1. The number of halogens is 1. The Morgan fingerprint density at radius 3 is 2.67 bits per heavy atom. The molecule has 1 heterocycles. The van der Waals surface area contributed by atoms with Crippen LogP contribution in [0.2, 0.25) is 0 Å². The van der Waals surface area contributed by atoms with Gasteiger partial charge in [0.2, 0.25) is 0 Å². The maximum absolute atomic E-state index is 6.13. The van der Waals surface area contributed by atoms with Crippen molar-refractivity contribution in [1.29, 1.82) is 0 Å². The van der Waals surface area contributed by atoms with E-state index in [1.165, 1.54) is 11.1 Å². The molecule has 0 radical (unpaired) electrons. The van der Waals surface area contributed by atoms with Gasteiger partial charge >= 0.3 is 0 Å². The molecule has 3 rings (SSSR count). The molecule has 2 aromatic rings. The molecule has 5 heteroatoms. The zero-order valence-corrected chi connectivity index (χ0v) is 18.3. The average Bonchev–Trinajstić information content (AvgIpc) is 2.60. The van der Waals surface area contributed by atoms with E-state index in [1.54, 1.807) is 0 Å². The first kappa shape index (κ1) is 19.7. The molecule has 0 aromatic heterocycles. The smallest absolute Gasteiger partial charge is 0.191 e. The van der Waals surface area contributed by atoms with Crippen LogP contribution in [-0.4, -0.2) is 30.6 Å². The highest BCUT2D eigenvalue weighted by molar-refractivity contribution is 9.10. The van der Waals surface area contributed by atoms with Gasteiger partial charge in [0.1, 0.15) is 5.75 Å². The Hall–Kier alpha value is -2.01. The Kier molecular flexibility index (Phi) is 5.52. The predicted octanol–water partition coefficient (Wildman–Crippen LogP) is 5.08. The van der Waals surface area contributed by atoms with Crippen molar-refractivity contribution in [2.45, 2.75) is 45.8 Å². The van der Waals surface area contributed by atoms with E-state index < -0.39 is 0 Å². The Bertz CT molecular complexity index is 878. The summed E-state index contributed by atoms with van der Waals surface area (Å²) in [7, 11) is 1.98. The van der Waals surface area contributed by atoms with Gasteiger partial charge in [-0.15, -0.1) is 0 Å². The largest absolute Gasteiger partial charge is 0.489 e. The van der Waals surface area contributed by atoms with E-state index in [9.17, 15) is 0 Å². The third kappa shape index (κ3) is 4.13. The van der Waals surface area contributed by atoms with E-state index in [0.29, 0.717) is 5.96 Å². The van der Waals surface area contributed by atoms with E-state index >= 15 is 0 Å². The number of aliphatic imine (C=N–C) groups is 1.